The first-order chi connectivity index (χ1) is 9.29. The Bertz CT molecular complexity index is 576. The summed E-state index contributed by atoms with van der Waals surface area (Å²) in [5.74, 6) is 0. The molecule has 2 nitrogen and oxygen atoms in total. The summed E-state index contributed by atoms with van der Waals surface area (Å²) in [5.41, 5.74) is 3.01. The van der Waals surface area contributed by atoms with E-state index < -0.39 is 0 Å². The molecule has 0 spiro atoms. The highest BCUT2D eigenvalue weighted by Crippen LogP contribution is 2.13. The van der Waals surface area contributed by atoms with Crippen LogP contribution in [0, 0.1) is 0 Å². The third kappa shape index (κ3) is 4.07. The standard InChI is InChI=1S/C16H13BrNO/c1-2-13-7-9-14(10-8-13)12-19-18-11-15-5-3-4-6-16(15)17/h2-10H,1,12H2. The van der Waals surface area contributed by atoms with Gasteiger partial charge in [0.2, 0.25) is 0 Å². The summed E-state index contributed by atoms with van der Waals surface area (Å²) < 4.78 is 0.942. The highest BCUT2D eigenvalue weighted by molar-refractivity contribution is 9.10. The highest BCUT2D eigenvalue weighted by Gasteiger charge is 1.95. The predicted octanol–water partition coefficient (Wildman–Crippen LogP) is 4.52. The lowest BCUT2D eigenvalue weighted by Gasteiger charge is -2.00. The second-order valence-electron chi connectivity index (χ2n) is 3.90. The topological polar surface area (TPSA) is 21.6 Å². The molecular weight excluding hydrogens is 302 g/mol. The maximum atomic E-state index is 5.22. The molecular formula is C16H13BrNO. The van der Waals surface area contributed by atoms with Gasteiger partial charge in [0.05, 0.1) is 0 Å². The van der Waals surface area contributed by atoms with Crippen molar-refractivity contribution in [3.63, 3.8) is 0 Å². The van der Waals surface area contributed by atoms with Crippen molar-refractivity contribution in [2.45, 2.75) is 6.61 Å². The van der Waals surface area contributed by atoms with E-state index >= 15 is 0 Å². The largest absolute Gasteiger partial charge is 0.390 e. The van der Waals surface area contributed by atoms with Crippen molar-refractivity contribution in [2.24, 2.45) is 5.16 Å². The smallest absolute Gasteiger partial charge is 0.142 e. The quantitative estimate of drug-likeness (QED) is 0.587. The molecule has 0 aliphatic carbocycles. The Hall–Kier alpha value is -1.87. The summed E-state index contributed by atoms with van der Waals surface area (Å²) in [4.78, 5) is 5.22. The second-order valence-corrected chi connectivity index (χ2v) is 4.76. The average molecular weight is 315 g/mol. The number of rotatable bonds is 5. The van der Waals surface area contributed by atoms with E-state index in [-0.39, 0.29) is 0 Å². The fourth-order valence-corrected chi connectivity index (χ4v) is 1.86. The molecule has 0 heterocycles. The molecule has 0 bridgehead atoms. The summed E-state index contributed by atoms with van der Waals surface area (Å²) in [7, 11) is 0. The van der Waals surface area contributed by atoms with Gasteiger partial charge in [-0.15, -0.1) is 0 Å². The van der Waals surface area contributed by atoms with Gasteiger partial charge >= 0.3 is 0 Å². The molecule has 0 atom stereocenters. The van der Waals surface area contributed by atoms with E-state index in [2.05, 4.69) is 33.9 Å². The van der Waals surface area contributed by atoms with Crippen LogP contribution in [0.2, 0.25) is 0 Å². The molecule has 0 saturated heterocycles. The normalized spacial score (nSPS) is 10.6. The van der Waals surface area contributed by atoms with Crippen molar-refractivity contribution in [3.05, 3.63) is 76.3 Å². The number of halogens is 1. The minimum absolute atomic E-state index is 0.425. The lowest BCUT2D eigenvalue weighted by atomic mass is 10.1. The van der Waals surface area contributed by atoms with Crippen molar-refractivity contribution in [2.75, 3.05) is 0 Å². The zero-order valence-electron chi connectivity index (χ0n) is 10.3. The van der Waals surface area contributed by atoms with E-state index in [9.17, 15) is 0 Å². The minimum atomic E-state index is 0.425. The van der Waals surface area contributed by atoms with Crippen molar-refractivity contribution in [3.8, 4) is 0 Å². The first-order valence-corrected chi connectivity index (χ1v) is 6.63. The maximum absolute atomic E-state index is 5.22. The molecule has 0 aliphatic heterocycles. The van der Waals surface area contributed by atoms with Gasteiger partial charge in [-0.25, -0.2) is 0 Å². The van der Waals surface area contributed by atoms with Crippen LogP contribution in [0.4, 0.5) is 0 Å². The van der Waals surface area contributed by atoms with E-state index in [1.165, 1.54) is 0 Å². The molecule has 0 saturated carbocycles. The van der Waals surface area contributed by atoms with Crippen LogP contribution in [-0.4, -0.2) is 6.21 Å². The van der Waals surface area contributed by atoms with E-state index in [0.717, 1.165) is 21.2 Å². The van der Waals surface area contributed by atoms with Crippen molar-refractivity contribution >= 4 is 28.2 Å². The van der Waals surface area contributed by atoms with Gasteiger partial charge in [-0.2, -0.15) is 0 Å². The summed E-state index contributed by atoms with van der Waals surface area (Å²) in [6, 6.07) is 15.7. The molecule has 95 valence electrons. The van der Waals surface area contributed by atoms with Crippen molar-refractivity contribution in [1.82, 2.24) is 0 Å². The Labute approximate surface area is 121 Å². The highest BCUT2D eigenvalue weighted by atomic mass is 79.9. The van der Waals surface area contributed by atoms with Gasteiger partial charge in [-0.3, -0.25) is 0 Å². The SMILES string of the molecule is C=Cc1ccc(CO/N=[C]\c2ccccc2Br)cc1. The first kappa shape index (κ1) is 13.6. The molecule has 3 heteroatoms. The Kier molecular flexibility index (Phi) is 4.93. The number of benzene rings is 2. The van der Waals surface area contributed by atoms with Gasteiger partial charge in [0.15, 0.2) is 0 Å². The molecule has 0 aliphatic rings. The van der Waals surface area contributed by atoms with Crippen molar-refractivity contribution < 1.29 is 4.84 Å². The molecule has 0 unspecified atom stereocenters. The summed E-state index contributed by atoms with van der Waals surface area (Å²) in [6.45, 7) is 4.14. The van der Waals surface area contributed by atoms with Crippen LogP contribution < -0.4 is 0 Å². The Balaban J connectivity index is 1.89. The monoisotopic (exact) mass is 314 g/mol. The number of nitrogens with zero attached hydrogens (tertiary/aromatic N) is 1. The van der Waals surface area contributed by atoms with Gasteiger partial charge in [0.25, 0.3) is 0 Å². The average Bonchev–Trinajstić information content (AvgIpc) is 2.46. The van der Waals surface area contributed by atoms with Crippen molar-refractivity contribution in [1.29, 1.82) is 0 Å². The van der Waals surface area contributed by atoms with Gasteiger partial charge in [0, 0.05) is 10.0 Å². The van der Waals surface area contributed by atoms with Gasteiger partial charge in [-0.1, -0.05) is 76.2 Å². The van der Waals surface area contributed by atoms with Gasteiger partial charge < -0.3 is 4.84 Å². The molecule has 2 rings (SSSR count). The minimum Gasteiger partial charge on any atom is -0.390 e. The van der Waals surface area contributed by atoms with E-state index in [0.29, 0.717) is 6.61 Å². The number of hydrogen-bond donors (Lipinski definition) is 0. The zero-order valence-corrected chi connectivity index (χ0v) is 11.9. The van der Waals surface area contributed by atoms with Crippen LogP contribution in [-0.2, 0) is 11.4 Å². The van der Waals surface area contributed by atoms with Gasteiger partial charge in [-0.05, 0) is 17.2 Å². The summed E-state index contributed by atoms with van der Waals surface area (Å²) in [5, 5.41) is 3.84. The molecule has 2 aromatic rings. The third-order valence-corrected chi connectivity index (χ3v) is 3.24. The van der Waals surface area contributed by atoms with E-state index in [1.807, 2.05) is 54.6 Å². The fourth-order valence-electron chi connectivity index (χ4n) is 1.49. The van der Waals surface area contributed by atoms with Crippen LogP contribution >= 0.6 is 15.9 Å². The fraction of sp³-hybridized carbons (Fsp3) is 0.0625. The number of hydrogen-bond acceptors (Lipinski definition) is 2. The first-order valence-electron chi connectivity index (χ1n) is 5.83. The Morgan fingerprint density at radius 2 is 1.89 bits per heavy atom. The van der Waals surface area contributed by atoms with E-state index in [1.54, 1.807) is 0 Å². The zero-order chi connectivity index (χ0) is 13.5. The summed E-state index contributed by atoms with van der Waals surface area (Å²) >= 11 is 3.42. The Morgan fingerprint density at radius 3 is 2.58 bits per heavy atom. The molecule has 0 fully saturated rings. The molecule has 1 radical (unpaired) electrons. The molecule has 0 N–H and O–H groups in total. The van der Waals surface area contributed by atoms with Crippen LogP contribution in [0.5, 0.6) is 0 Å². The molecule has 2 aromatic carbocycles. The van der Waals surface area contributed by atoms with Crippen LogP contribution in [0.1, 0.15) is 16.7 Å². The predicted molar refractivity (Wildman–Crippen MR) is 82.0 cm³/mol. The maximum Gasteiger partial charge on any atom is 0.142 e. The second kappa shape index (κ2) is 6.90. The van der Waals surface area contributed by atoms with Crippen LogP contribution in [0.25, 0.3) is 6.08 Å². The third-order valence-electron chi connectivity index (χ3n) is 2.55. The summed E-state index contributed by atoms with van der Waals surface area (Å²) in [6.07, 6.45) is 4.65. The lowest BCUT2D eigenvalue weighted by molar-refractivity contribution is 0.132. The van der Waals surface area contributed by atoms with E-state index in [4.69, 9.17) is 4.84 Å². The molecule has 19 heavy (non-hydrogen) atoms. The molecule has 0 aromatic heterocycles. The Morgan fingerprint density at radius 1 is 1.16 bits per heavy atom. The van der Waals surface area contributed by atoms with Crippen LogP contribution in [0.15, 0.2) is 64.7 Å². The lowest BCUT2D eigenvalue weighted by Crippen LogP contribution is -1.89. The van der Waals surface area contributed by atoms with Crippen LogP contribution in [0.3, 0.4) is 0 Å². The van der Waals surface area contributed by atoms with Gasteiger partial charge in [0.1, 0.15) is 12.8 Å². The molecule has 0 amide bonds.